The molecule has 0 atom stereocenters. The van der Waals surface area contributed by atoms with E-state index in [4.69, 9.17) is 0 Å². The summed E-state index contributed by atoms with van der Waals surface area (Å²) >= 11 is 0. The van der Waals surface area contributed by atoms with Crippen LogP contribution in [-0.2, 0) is 9.59 Å². The van der Waals surface area contributed by atoms with Gasteiger partial charge in [0.25, 0.3) is 11.6 Å². The van der Waals surface area contributed by atoms with Gasteiger partial charge in [0, 0.05) is 17.8 Å². The molecule has 0 bridgehead atoms. The molecular weight excluding hydrogens is 448 g/mol. The second-order valence-electron chi connectivity index (χ2n) is 7.96. The van der Waals surface area contributed by atoms with Crippen LogP contribution in [0, 0.1) is 10.1 Å². The Morgan fingerprint density at radius 3 is 2.14 bits per heavy atom. The quantitative estimate of drug-likeness (QED) is 0.148. The zero-order chi connectivity index (χ0) is 24.5. The van der Waals surface area contributed by atoms with Gasteiger partial charge < -0.3 is 10.6 Å². The molecule has 172 valence electrons. The van der Waals surface area contributed by atoms with Crippen molar-refractivity contribution in [2.24, 2.45) is 0 Å². The SMILES string of the molecule is O=C(CN1C(=O)N/C(=C\c2c3ccccc3cc3ccccc23)C1=O)Nc1ccc([N+](=O)[O-])cc1. The molecule has 1 fully saturated rings. The van der Waals surface area contributed by atoms with Crippen molar-refractivity contribution in [1.29, 1.82) is 0 Å². The second-order valence-corrected chi connectivity index (χ2v) is 7.96. The van der Waals surface area contributed by atoms with Crippen LogP contribution in [0.4, 0.5) is 16.2 Å². The molecule has 0 spiro atoms. The summed E-state index contributed by atoms with van der Waals surface area (Å²) in [5, 5.41) is 19.7. The van der Waals surface area contributed by atoms with Gasteiger partial charge in [0.1, 0.15) is 12.2 Å². The van der Waals surface area contributed by atoms with E-state index in [9.17, 15) is 24.5 Å². The van der Waals surface area contributed by atoms with Gasteiger partial charge in [-0.1, -0.05) is 48.5 Å². The largest absolute Gasteiger partial charge is 0.329 e. The minimum absolute atomic E-state index is 0.0691. The van der Waals surface area contributed by atoms with Gasteiger partial charge in [0.2, 0.25) is 5.91 Å². The topological polar surface area (TPSA) is 122 Å². The Kier molecular flexibility index (Phi) is 5.42. The predicted molar refractivity (Wildman–Crippen MR) is 131 cm³/mol. The van der Waals surface area contributed by atoms with Crippen LogP contribution >= 0.6 is 0 Å². The van der Waals surface area contributed by atoms with Crippen molar-refractivity contribution in [3.8, 4) is 0 Å². The molecule has 9 heteroatoms. The number of carbonyl (C=O) groups is 3. The minimum atomic E-state index is -0.704. The number of fused-ring (bicyclic) bond motifs is 2. The Morgan fingerprint density at radius 2 is 1.54 bits per heavy atom. The number of rotatable bonds is 5. The van der Waals surface area contributed by atoms with Crippen molar-refractivity contribution in [3.63, 3.8) is 0 Å². The number of amides is 4. The number of nitrogens with zero attached hydrogens (tertiary/aromatic N) is 2. The first-order chi connectivity index (χ1) is 16.9. The van der Waals surface area contributed by atoms with Gasteiger partial charge in [-0.15, -0.1) is 0 Å². The highest BCUT2D eigenvalue weighted by atomic mass is 16.6. The fourth-order valence-electron chi connectivity index (χ4n) is 4.07. The maximum absolute atomic E-state index is 13.0. The number of hydrogen-bond acceptors (Lipinski definition) is 5. The molecule has 1 aliphatic rings. The molecule has 4 aromatic carbocycles. The number of nitrogens with one attached hydrogen (secondary N) is 2. The first kappa shape index (κ1) is 21.8. The summed E-state index contributed by atoms with van der Waals surface area (Å²) in [6, 6.07) is 22.1. The summed E-state index contributed by atoms with van der Waals surface area (Å²) in [4.78, 5) is 49.0. The van der Waals surface area contributed by atoms with Crippen molar-refractivity contribution >= 4 is 56.8 Å². The lowest BCUT2D eigenvalue weighted by Crippen LogP contribution is -2.38. The zero-order valence-electron chi connectivity index (χ0n) is 18.2. The van der Waals surface area contributed by atoms with E-state index < -0.39 is 29.3 Å². The highest BCUT2D eigenvalue weighted by molar-refractivity contribution is 6.18. The third kappa shape index (κ3) is 4.18. The van der Waals surface area contributed by atoms with Gasteiger partial charge in [-0.2, -0.15) is 0 Å². The number of benzene rings is 4. The van der Waals surface area contributed by atoms with Crippen molar-refractivity contribution < 1.29 is 19.3 Å². The van der Waals surface area contributed by atoms with E-state index >= 15 is 0 Å². The molecule has 1 saturated heterocycles. The number of urea groups is 1. The van der Waals surface area contributed by atoms with Crippen molar-refractivity contribution in [2.75, 3.05) is 11.9 Å². The highest BCUT2D eigenvalue weighted by Gasteiger charge is 2.35. The van der Waals surface area contributed by atoms with E-state index in [0.717, 1.165) is 32.0 Å². The molecule has 35 heavy (non-hydrogen) atoms. The molecule has 5 rings (SSSR count). The average Bonchev–Trinajstić information content (AvgIpc) is 3.11. The lowest BCUT2D eigenvalue weighted by Gasteiger charge is -2.12. The fraction of sp³-hybridized carbons (Fsp3) is 0.0385. The zero-order valence-corrected chi connectivity index (χ0v) is 18.2. The summed E-state index contributed by atoms with van der Waals surface area (Å²) in [6.45, 7) is -0.505. The molecule has 2 N–H and O–H groups in total. The van der Waals surface area contributed by atoms with Gasteiger partial charge in [0.15, 0.2) is 0 Å². The van der Waals surface area contributed by atoms with Crippen LogP contribution in [0.2, 0.25) is 0 Å². The van der Waals surface area contributed by atoms with Crippen LogP contribution in [0.15, 0.2) is 84.6 Å². The maximum atomic E-state index is 13.0. The molecule has 9 nitrogen and oxygen atoms in total. The Hall–Kier alpha value is -5.05. The number of carbonyl (C=O) groups excluding carboxylic acids is 3. The Balaban J connectivity index is 1.41. The first-order valence-electron chi connectivity index (χ1n) is 10.7. The van der Waals surface area contributed by atoms with Gasteiger partial charge in [-0.05, 0) is 51.4 Å². The number of anilines is 1. The van der Waals surface area contributed by atoms with E-state index in [1.54, 1.807) is 6.08 Å². The minimum Gasteiger partial charge on any atom is -0.325 e. The molecule has 0 aromatic heterocycles. The molecule has 0 saturated carbocycles. The molecule has 4 amide bonds. The molecular formula is C26H18N4O5. The summed E-state index contributed by atoms with van der Waals surface area (Å²) in [6.07, 6.45) is 1.64. The molecule has 4 aromatic rings. The van der Waals surface area contributed by atoms with E-state index in [-0.39, 0.29) is 11.4 Å². The van der Waals surface area contributed by atoms with Crippen molar-refractivity contribution in [2.45, 2.75) is 0 Å². The van der Waals surface area contributed by atoms with Gasteiger partial charge >= 0.3 is 6.03 Å². The normalized spacial score (nSPS) is 14.5. The maximum Gasteiger partial charge on any atom is 0.329 e. The van der Waals surface area contributed by atoms with Crippen LogP contribution in [0.25, 0.3) is 27.6 Å². The first-order valence-corrected chi connectivity index (χ1v) is 10.7. The molecule has 0 unspecified atom stereocenters. The Morgan fingerprint density at radius 1 is 0.943 bits per heavy atom. The monoisotopic (exact) mass is 466 g/mol. The number of imide groups is 1. The average molecular weight is 466 g/mol. The number of nitro groups is 1. The highest BCUT2D eigenvalue weighted by Crippen LogP contribution is 2.30. The summed E-state index contributed by atoms with van der Waals surface area (Å²) in [5.74, 6) is -1.23. The van der Waals surface area contributed by atoms with Crippen molar-refractivity contribution in [3.05, 3.63) is 100 Å². The standard InChI is InChI=1S/C26H18N4O5/c31-24(27-18-9-11-19(12-10-18)30(34)35)15-29-25(32)23(28-26(29)33)14-22-20-7-3-1-5-16(20)13-17-6-2-4-8-21(17)22/h1-14H,15H2,(H,27,31)(H,28,33)/b23-14-. The van der Waals surface area contributed by atoms with Crippen LogP contribution in [-0.4, -0.2) is 34.2 Å². The lowest BCUT2D eigenvalue weighted by molar-refractivity contribution is -0.384. The smallest absolute Gasteiger partial charge is 0.325 e. The third-order valence-corrected chi connectivity index (χ3v) is 5.73. The van der Waals surface area contributed by atoms with E-state index in [1.807, 2.05) is 48.5 Å². The van der Waals surface area contributed by atoms with Crippen LogP contribution in [0.3, 0.4) is 0 Å². The summed E-state index contributed by atoms with van der Waals surface area (Å²) in [7, 11) is 0. The molecule has 1 heterocycles. The fourth-order valence-corrected chi connectivity index (χ4v) is 4.07. The number of nitro benzene ring substituents is 1. The van der Waals surface area contributed by atoms with Gasteiger partial charge in [0.05, 0.1) is 4.92 Å². The van der Waals surface area contributed by atoms with Crippen molar-refractivity contribution in [1.82, 2.24) is 10.2 Å². The van der Waals surface area contributed by atoms with Gasteiger partial charge in [-0.3, -0.25) is 19.7 Å². The van der Waals surface area contributed by atoms with Crippen LogP contribution < -0.4 is 10.6 Å². The summed E-state index contributed by atoms with van der Waals surface area (Å²) in [5.41, 5.74) is 1.05. The molecule has 0 aliphatic carbocycles. The molecule has 0 radical (unpaired) electrons. The summed E-state index contributed by atoms with van der Waals surface area (Å²) < 4.78 is 0. The van der Waals surface area contributed by atoms with E-state index in [1.165, 1.54) is 24.3 Å². The Labute approximate surface area is 198 Å². The Bertz CT molecular complexity index is 1510. The van der Waals surface area contributed by atoms with Gasteiger partial charge in [-0.25, -0.2) is 9.69 Å². The van der Waals surface area contributed by atoms with E-state index in [0.29, 0.717) is 5.69 Å². The number of hydrogen-bond donors (Lipinski definition) is 2. The predicted octanol–water partition coefficient (Wildman–Crippen LogP) is 4.43. The van der Waals surface area contributed by atoms with E-state index in [2.05, 4.69) is 16.7 Å². The lowest BCUT2D eigenvalue weighted by atomic mass is 9.96. The van der Waals surface area contributed by atoms with Crippen LogP contribution in [0.5, 0.6) is 0 Å². The van der Waals surface area contributed by atoms with Crippen LogP contribution in [0.1, 0.15) is 5.56 Å². The molecule has 1 aliphatic heterocycles. The number of non-ortho nitro benzene ring substituents is 1. The third-order valence-electron chi connectivity index (χ3n) is 5.73. The second kappa shape index (κ2) is 8.71.